The van der Waals surface area contributed by atoms with E-state index in [0.717, 1.165) is 30.0 Å². The highest BCUT2D eigenvalue weighted by atomic mass is 15.0. The number of rotatable bonds is 4. The van der Waals surface area contributed by atoms with Gasteiger partial charge in [0.15, 0.2) is 0 Å². The van der Waals surface area contributed by atoms with Gasteiger partial charge in [-0.25, -0.2) is 9.97 Å². The Hall–Kier alpha value is -1.90. The molecule has 1 heterocycles. The first-order valence-corrected chi connectivity index (χ1v) is 7.18. The van der Waals surface area contributed by atoms with Crippen molar-refractivity contribution in [3.63, 3.8) is 0 Å². The zero-order chi connectivity index (χ0) is 14.7. The molecule has 0 atom stereocenters. The Kier molecular flexibility index (Phi) is 4.38. The second-order valence-electron chi connectivity index (χ2n) is 5.37. The third kappa shape index (κ3) is 2.82. The third-order valence-corrected chi connectivity index (χ3v) is 3.72. The molecule has 0 aliphatic rings. The minimum absolute atomic E-state index is 0.934. The topological polar surface area (TPSA) is 37.8 Å². The van der Waals surface area contributed by atoms with Gasteiger partial charge in [0.25, 0.3) is 0 Å². The number of nitrogens with one attached hydrogen (secondary N) is 1. The van der Waals surface area contributed by atoms with Crippen LogP contribution in [0.4, 0.5) is 5.82 Å². The summed E-state index contributed by atoms with van der Waals surface area (Å²) in [6, 6.07) is 4.45. The van der Waals surface area contributed by atoms with E-state index in [1.54, 1.807) is 6.33 Å². The van der Waals surface area contributed by atoms with E-state index >= 15 is 0 Å². The summed E-state index contributed by atoms with van der Waals surface area (Å²) in [5.74, 6) is 0.939. The smallest absolute Gasteiger partial charge is 0.132 e. The van der Waals surface area contributed by atoms with E-state index in [1.165, 1.54) is 22.3 Å². The van der Waals surface area contributed by atoms with Crippen LogP contribution in [0.2, 0.25) is 0 Å². The number of anilines is 1. The van der Waals surface area contributed by atoms with Gasteiger partial charge in [0.05, 0.1) is 5.69 Å². The summed E-state index contributed by atoms with van der Waals surface area (Å²) in [7, 11) is 0. The maximum Gasteiger partial charge on any atom is 0.132 e. The Labute approximate surface area is 121 Å². The summed E-state index contributed by atoms with van der Waals surface area (Å²) < 4.78 is 0. The van der Waals surface area contributed by atoms with Crippen LogP contribution in [0.15, 0.2) is 18.5 Å². The maximum atomic E-state index is 4.50. The summed E-state index contributed by atoms with van der Waals surface area (Å²) >= 11 is 0. The first kappa shape index (κ1) is 14.5. The van der Waals surface area contributed by atoms with E-state index in [0.29, 0.717) is 0 Å². The van der Waals surface area contributed by atoms with Gasteiger partial charge in [-0.3, -0.25) is 0 Å². The summed E-state index contributed by atoms with van der Waals surface area (Å²) in [5.41, 5.74) is 7.23. The fourth-order valence-electron chi connectivity index (χ4n) is 2.36. The van der Waals surface area contributed by atoms with Crippen molar-refractivity contribution in [2.45, 2.75) is 41.0 Å². The van der Waals surface area contributed by atoms with Crippen LogP contribution in [0.5, 0.6) is 0 Å². The van der Waals surface area contributed by atoms with E-state index in [4.69, 9.17) is 0 Å². The SMILES string of the molecule is CCCNc1ncnc(-c2cc(C)c(C)cc2C)c1C. The predicted octanol–water partition coefficient (Wildman–Crippen LogP) is 4.20. The van der Waals surface area contributed by atoms with E-state index in [-0.39, 0.29) is 0 Å². The molecular weight excluding hydrogens is 246 g/mol. The van der Waals surface area contributed by atoms with Crippen LogP contribution >= 0.6 is 0 Å². The lowest BCUT2D eigenvalue weighted by molar-refractivity contribution is 0.960. The van der Waals surface area contributed by atoms with Gasteiger partial charge >= 0.3 is 0 Å². The van der Waals surface area contributed by atoms with E-state index in [9.17, 15) is 0 Å². The second-order valence-corrected chi connectivity index (χ2v) is 5.37. The summed E-state index contributed by atoms with van der Waals surface area (Å²) in [6.45, 7) is 11.6. The molecule has 2 aromatic rings. The Morgan fingerprint density at radius 1 is 0.950 bits per heavy atom. The van der Waals surface area contributed by atoms with Gasteiger partial charge < -0.3 is 5.32 Å². The lowest BCUT2D eigenvalue weighted by Crippen LogP contribution is -2.06. The van der Waals surface area contributed by atoms with E-state index in [2.05, 4.69) is 62.0 Å². The molecule has 0 fully saturated rings. The molecule has 0 saturated heterocycles. The first-order valence-electron chi connectivity index (χ1n) is 7.18. The molecule has 1 aromatic carbocycles. The van der Waals surface area contributed by atoms with E-state index < -0.39 is 0 Å². The predicted molar refractivity (Wildman–Crippen MR) is 85.2 cm³/mol. The van der Waals surface area contributed by atoms with Crippen molar-refractivity contribution in [3.05, 3.63) is 40.7 Å². The van der Waals surface area contributed by atoms with Crippen molar-refractivity contribution < 1.29 is 0 Å². The molecule has 0 aliphatic heterocycles. The molecule has 0 spiro atoms. The molecule has 1 aromatic heterocycles. The van der Waals surface area contributed by atoms with Crippen molar-refractivity contribution in [2.75, 3.05) is 11.9 Å². The highest BCUT2D eigenvalue weighted by molar-refractivity contribution is 5.71. The van der Waals surface area contributed by atoms with Crippen LogP contribution in [-0.2, 0) is 0 Å². The molecule has 106 valence electrons. The highest BCUT2D eigenvalue weighted by Crippen LogP contribution is 2.29. The summed E-state index contributed by atoms with van der Waals surface area (Å²) in [6.07, 6.45) is 2.73. The van der Waals surface area contributed by atoms with Gasteiger partial charge in [-0.2, -0.15) is 0 Å². The maximum absolute atomic E-state index is 4.50. The molecule has 0 amide bonds. The van der Waals surface area contributed by atoms with Crippen LogP contribution in [-0.4, -0.2) is 16.5 Å². The fraction of sp³-hybridized carbons (Fsp3) is 0.412. The molecule has 0 bridgehead atoms. The van der Waals surface area contributed by atoms with Gasteiger partial charge in [0.2, 0.25) is 0 Å². The minimum atomic E-state index is 0.934. The van der Waals surface area contributed by atoms with Gasteiger partial charge in [0, 0.05) is 17.7 Å². The van der Waals surface area contributed by atoms with Crippen LogP contribution in [0, 0.1) is 27.7 Å². The van der Waals surface area contributed by atoms with Crippen molar-refractivity contribution in [1.29, 1.82) is 0 Å². The Morgan fingerprint density at radius 3 is 2.35 bits per heavy atom. The van der Waals surface area contributed by atoms with Crippen LogP contribution in [0.3, 0.4) is 0 Å². The standard InChI is InChI=1S/C17H23N3/c1-6-7-18-17-14(5)16(19-10-20-17)15-9-12(3)11(2)8-13(15)4/h8-10H,6-7H2,1-5H3,(H,18,19,20). The van der Waals surface area contributed by atoms with Crippen molar-refractivity contribution in [1.82, 2.24) is 9.97 Å². The number of hydrogen-bond donors (Lipinski definition) is 1. The number of hydrogen-bond acceptors (Lipinski definition) is 3. The Balaban J connectivity index is 2.50. The third-order valence-electron chi connectivity index (χ3n) is 3.72. The van der Waals surface area contributed by atoms with Crippen LogP contribution < -0.4 is 5.32 Å². The largest absolute Gasteiger partial charge is 0.370 e. The van der Waals surface area contributed by atoms with Crippen molar-refractivity contribution in [3.8, 4) is 11.3 Å². The summed E-state index contributed by atoms with van der Waals surface area (Å²) in [4.78, 5) is 8.85. The molecule has 3 nitrogen and oxygen atoms in total. The van der Waals surface area contributed by atoms with E-state index in [1.807, 2.05) is 0 Å². The normalized spacial score (nSPS) is 10.7. The molecule has 3 heteroatoms. The number of nitrogens with zero attached hydrogens (tertiary/aromatic N) is 2. The Bertz CT molecular complexity index is 618. The number of benzene rings is 1. The number of aromatic nitrogens is 2. The Morgan fingerprint density at radius 2 is 1.65 bits per heavy atom. The quantitative estimate of drug-likeness (QED) is 0.904. The molecular formula is C17H23N3. The molecule has 2 rings (SSSR count). The zero-order valence-corrected chi connectivity index (χ0v) is 13.0. The average molecular weight is 269 g/mol. The summed E-state index contributed by atoms with van der Waals surface area (Å²) in [5, 5.41) is 3.37. The average Bonchev–Trinajstić information content (AvgIpc) is 2.42. The van der Waals surface area contributed by atoms with Gasteiger partial charge in [-0.15, -0.1) is 0 Å². The molecule has 0 saturated carbocycles. The first-order chi connectivity index (χ1) is 9.54. The van der Waals surface area contributed by atoms with Gasteiger partial charge in [-0.1, -0.05) is 13.0 Å². The molecule has 20 heavy (non-hydrogen) atoms. The second kappa shape index (κ2) is 6.04. The molecule has 0 radical (unpaired) electrons. The van der Waals surface area contributed by atoms with Gasteiger partial charge in [0.1, 0.15) is 12.1 Å². The fourth-order valence-corrected chi connectivity index (χ4v) is 2.36. The molecule has 0 unspecified atom stereocenters. The lowest BCUT2D eigenvalue weighted by Gasteiger charge is -2.14. The zero-order valence-electron chi connectivity index (χ0n) is 13.0. The molecule has 0 aliphatic carbocycles. The highest BCUT2D eigenvalue weighted by Gasteiger charge is 2.12. The van der Waals surface area contributed by atoms with Crippen LogP contribution in [0.25, 0.3) is 11.3 Å². The van der Waals surface area contributed by atoms with Crippen LogP contribution in [0.1, 0.15) is 35.6 Å². The minimum Gasteiger partial charge on any atom is -0.370 e. The lowest BCUT2D eigenvalue weighted by atomic mass is 9.96. The van der Waals surface area contributed by atoms with Crippen molar-refractivity contribution >= 4 is 5.82 Å². The molecule has 1 N–H and O–H groups in total. The number of aryl methyl sites for hydroxylation is 3. The monoisotopic (exact) mass is 269 g/mol. The van der Waals surface area contributed by atoms with Gasteiger partial charge in [-0.05, 0) is 56.9 Å². The van der Waals surface area contributed by atoms with Crippen molar-refractivity contribution in [2.24, 2.45) is 0 Å².